The molecular weight excluding hydrogens is 263 g/mol. The third-order valence-electron chi connectivity index (χ3n) is 1.95. The van der Waals surface area contributed by atoms with Crippen molar-refractivity contribution in [3.8, 4) is 0 Å². The fraction of sp³-hybridized carbons (Fsp3) is 0.125. The number of alkyl halides is 3. The van der Waals surface area contributed by atoms with Crippen LogP contribution in [-0.4, -0.2) is 25.7 Å². The highest BCUT2D eigenvalue weighted by molar-refractivity contribution is 6.29. The largest absolute Gasteiger partial charge is 0.477 e. The maximum absolute atomic E-state index is 12.4. The first-order valence-electron chi connectivity index (χ1n) is 4.15. The van der Waals surface area contributed by atoms with Crippen molar-refractivity contribution in [2.45, 2.75) is 6.18 Å². The fourth-order valence-corrected chi connectivity index (χ4v) is 1.45. The number of fused-ring (bicyclic) bond motifs is 1. The Kier molecular flexibility index (Phi) is 2.46. The molecule has 0 aliphatic rings. The lowest BCUT2D eigenvalue weighted by atomic mass is 10.3. The molecule has 0 atom stereocenters. The van der Waals surface area contributed by atoms with Gasteiger partial charge in [0.05, 0.1) is 6.20 Å². The minimum atomic E-state index is -4.70. The molecule has 1 N–H and O–H groups in total. The average molecular weight is 266 g/mol. The number of carbonyl (C=O) groups is 1. The maximum Gasteiger partial charge on any atom is 0.433 e. The van der Waals surface area contributed by atoms with Gasteiger partial charge in [-0.1, -0.05) is 11.6 Å². The lowest BCUT2D eigenvalue weighted by Crippen LogP contribution is -2.10. The maximum atomic E-state index is 12.4. The van der Waals surface area contributed by atoms with Crippen LogP contribution in [0.3, 0.4) is 0 Å². The molecule has 5 nitrogen and oxygen atoms in total. The second kappa shape index (κ2) is 3.59. The number of hydrogen-bond donors (Lipinski definition) is 1. The minimum absolute atomic E-state index is 0.366. The van der Waals surface area contributed by atoms with Crippen molar-refractivity contribution in [3.63, 3.8) is 0 Å². The van der Waals surface area contributed by atoms with E-state index < -0.39 is 29.1 Å². The first kappa shape index (κ1) is 11.6. The van der Waals surface area contributed by atoms with Crippen molar-refractivity contribution in [1.29, 1.82) is 0 Å². The normalized spacial score (nSPS) is 12.0. The van der Waals surface area contributed by atoms with E-state index in [1.54, 1.807) is 0 Å². The van der Waals surface area contributed by atoms with Crippen LogP contribution >= 0.6 is 11.6 Å². The van der Waals surface area contributed by atoms with Gasteiger partial charge in [0.15, 0.2) is 5.65 Å². The van der Waals surface area contributed by atoms with E-state index in [0.29, 0.717) is 6.07 Å². The Morgan fingerprint density at radius 1 is 1.47 bits per heavy atom. The van der Waals surface area contributed by atoms with Gasteiger partial charge in [0.1, 0.15) is 16.4 Å². The van der Waals surface area contributed by atoms with Crippen LogP contribution in [0.5, 0.6) is 0 Å². The van der Waals surface area contributed by atoms with Crippen LogP contribution in [0.1, 0.15) is 16.1 Å². The van der Waals surface area contributed by atoms with Crippen LogP contribution < -0.4 is 0 Å². The Morgan fingerprint density at radius 2 is 2.12 bits per heavy atom. The summed E-state index contributed by atoms with van der Waals surface area (Å²) in [6.45, 7) is 0. The van der Waals surface area contributed by atoms with Gasteiger partial charge < -0.3 is 5.11 Å². The Labute approximate surface area is 96.4 Å². The van der Waals surface area contributed by atoms with E-state index in [2.05, 4.69) is 10.1 Å². The molecule has 0 fully saturated rings. The van der Waals surface area contributed by atoms with Gasteiger partial charge in [-0.25, -0.2) is 14.3 Å². The predicted octanol–water partition coefficient (Wildman–Crippen LogP) is 2.10. The molecule has 0 spiro atoms. The lowest BCUT2D eigenvalue weighted by Gasteiger charge is -2.06. The van der Waals surface area contributed by atoms with E-state index in [-0.39, 0.29) is 5.15 Å². The summed E-state index contributed by atoms with van der Waals surface area (Å²) in [5.74, 6) is -1.43. The monoisotopic (exact) mass is 265 g/mol. The van der Waals surface area contributed by atoms with E-state index >= 15 is 0 Å². The summed E-state index contributed by atoms with van der Waals surface area (Å²) < 4.78 is 38.1. The molecule has 9 heteroatoms. The third-order valence-corrected chi connectivity index (χ3v) is 2.22. The standard InChI is InChI=1S/C8H3ClF3N3O2/c9-5-1-4(8(10,11)12)14-6-3(7(16)17)2-13-15(5)6/h1-2H,(H,16,17). The SMILES string of the molecule is O=C(O)c1cnn2c(Cl)cc(C(F)(F)F)nc12. The van der Waals surface area contributed by atoms with E-state index in [1.807, 2.05) is 0 Å². The van der Waals surface area contributed by atoms with Gasteiger partial charge >= 0.3 is 12.1 Å². The fourth-order valence-electron chi connectivity index (χ4n) is 1.22. The van der Waals surface area contributed by atoms with E-state index in [4.69, 9.17) is 16.7 Å². The number of carboxylic acids is 1. The highest BCUT2D eigenvalue weighted by atomic mass is 35.5. The number of rotatable bonds is 1. The Morgan fingerprint density at radius 3 is 2.65 bits per heavy atom. The number of halogens is 4. The van der Waals surface area contributed by atoms with Crippen molar-refractivity contribution in [1.82, 2.24) is 14.6 Å². The number of carboxylic acid groups (broad SMARTS) is 1. The van der Waals surface area contributed by atoms with Crippen molar-refractivity contribution < 1.29 is 23.1 Å². The van der Waals surface area contributed by atoms with E-state index in [0.717, 1.165) is 10.7 Å². The molecule has 0 radical (unpaired) electrons. The Balaban J connectivity index is 2.78. The van der Waals surface area contributed by atoms with Crippen LogP contribution in [0, 0.1) is 0 Å². The molecule has 0 aliphatic heterocycles. The summed E-state index contributed by atoms with van der Waals surface area (Å²) in [6.07, 6.45) is -3.82. The van der Waals surface area contributed by atoms with Crippen molar-refractivity contribution in [2.75, 3.05) is 0 Å². The molecular formula is C8H3ClF3N3O2. The van der Waals surface area contributed by atoms with Gasteiger partial charge in [-0.05, 0) is 0 Å². The molecule has 0 amide bonds. The zero-order chi connectivity index (χ0) is 12.8. The molecule has 90 valence electrons. The highest BCUT2D eigenvalue weighted by Gasteiger charge is 2.34. The second-order valence-electron chi connectivity index (χ2n) is 3.06. The summed E-state index contributed by atoms with van der Waals surface area (Å²) in [4.78, 5) is 13.9. The van der Waals surface area contributed by atoms with Crippen molar-refractivity contribution in [2.24, 2.45) is 0 Å². The number of hydrogen-bond acceptors (Lipinski definition) is 3. The second-order valence-corrected chi connectivity index (χ2v) is 3.45. The Bertz CT molecular complexity index is 608. The molecule has 17 heavy (non-hydrogen) atoms. The van der Waals surface area contributed by atoms with Gasteiger partial charge in [0.25, 0.3) is 0 Å². The number of aromatic nitrogens is 3. The molecule has 0 saturated heterocycles. The van der Waals surface area contributed by atoms with Crippen molar-refractivity contribution >= 4 is 23.2 Å². The zero-order valence-corrected chi connectivity index (χ0v) is 8.62. The molecule has 0 aromatic carbocycles. The summed E-state index contributed by atoms with van der Waals surface area (Å²) >= 11 is 5.55. The molecule has 0 saturated carbocycles. The smallest absolute Gasteiger partial charge is 0.433 e. The van der Waals surface area contributed by atoms with Gasteiger partial charge in [0, 0.05) is 6.07 Å². The summed E-state index contributed by atoms with van der Waals surface area (Å²) in [7, 11) is 0. The summed E-state index contributed by atoms with van der Waals surface area (Å²) in [5, 5.41) is 11.9. The summed E-state index contributed by atoms with van der Waals surface area (Å²) in [5.41, 5.74) is -2.16. The van der Waals surface area contributed by atoms with Gasteiger partial charge in [0.2, 0.25) is 0 Å². The van der Waals surface area contributed by atoms with Crippen LogP contribution in [0.25, 0.3) is 5.65 Å². The van der Waals surface area contributed by atoms with Gasteiger partial charge in [-0.3, -0.25) is 0 Å². The minimum Gasteiger partial charge on any atom is -0.477 e. The molecule has 2 heterocycles. The van der Waals surface area contributed by atoms with Gasteiger partial charge in [-0.15, -0.1) is 0 Å². The predicted molar refractivity (Wildman–Crippen MR) is 50.0 cm³/mol. The summed E-state index contributed by atoms with van der Waals surface area (Å²) in [6, 6.07) is 0.577. The molecule has 0 aliphatic carbocycles. The van der Waals surface area contributed by atoms with Crippen LogP contribution in [0.15, 0.2) is 12.3 Å². The number of aromatic carboxylic acids is 1. The first-order valence-corrected chi connectivity index (χ1v) is 4.53. The molecule has 2 aromatic rings. The lowest BCUT2D eigenvalue weighted by molar-refractivity contribution is -0.141. The van der Waals surface area contributed by atoms with Crippen LogP contribution in [0.2, 0.25) is 5.15 Å². The average Bonchev–Trinajstić information content (AvgIpc) is 2.60. The number of nitrogens with zero attached hydrogens (tertiary/aromatic N) is 3. The molecule has 2 rings (SSSR count). The topological polar surface area (TPSA) is 67.5 Å². The third kappa shape index (κ3) is 1.91. The van der Waals surface area contributed by atoms with Crippen LogP contribution in [-0.2, 0) is 6.18 Å². The van der Waals surface area contributed by atoms with Crippen molar-refractivity contribution in [3.05, 3.63) is 28.7 Å². The highest BCUT2D eigenvalue weighted by Crippen LogP contribution is 2.30. The van der Waals surface area contributed by atoms with E-state index in [1.165, 1.54) is 0 Å². The quantitative estimate of drug-likeness (QED) is 0.802. The Hall–Kier alpha value is -1.83. The van der Waals surface area contributed by atoms with E-state index in [9.17, 15) is 18.0 Å². The van der Waals surface area contributed by atoms with Crippen LogP contribution in [0.4, 0.5) is 13.2 Å². The zero-order valence-electron chi connectivity index (χ0n) is 7.86. The molecule has 0 bridgehead atoms. The first-order chi connectivity index (χ1) is 7.80. The molecule has 0 unspecified atom stereocenters. The van der Waals surface area contributed by atoms with Gasteiger partial charge in [-0.2, -0.15) is 18.3 Å². The molecule has 2 aromatic heterocycles.